The summed E-state index contributed by atoms with van der Waals surface area (Å²) in [6.45, 7) is 11.0. The molecule has 3 aliphatic rings. The van der Waals surface area contributed by atoms with Crippen LogP contribution in [0.4, 0.5) is 5.95 Å². The molecule has 1 spiro atoms. The molecule has 0 radical (unpaired) electrons. The van der Waals surface area contributed by atoms with E-state index >= 15 is 0 Å². The third-order valence-corrected chi connectivity index (χ3v) is 8.51. The van der Waals surface area contributed by atoms with Crippen molar-refractivity contribution in [3.63, 3.8) is 0 Å². The number of imidazole rings is 1. The molecule has 0 unspecified atom stereocenters. The van der Waals surface area contributed by atoms with Gasteiger partial charge in [0.15, 0.2) is 0 Å². The summed E-state index contributed by atoms with van der Waals surface area (Å²) in [6.07, 6.45) is 3.64. The predicted octanol–water partition coefficient (Wildman–Crippen LogP) is 3.61. The zero-order valence-electron chi connectivity index (χ0n) is 23.4. The molecule has 0 saturated carbocycles. The zero-order chi connectivity index (χ0) is 27.4. The van der Waals surface area contributed by atoms with Crippen LogP contribution < -0.4 is 15.4 Å². The summed E-state index contributed by atoms with van der Waals surface area (Å²) in [7, 11) is 1.86. The predicted molar refractivity (Wildman–Crippen MR) is 153 cm³/mol. The van der Waals surface area contributed by atoms with Crippen LogP contribution >= 0.6 is 0 Å². The number of ether oxygens (including phenoxy) is 1. The Balaban J connectivity index is 1.23. The molecule has 1 amide bonds. The van der Waals surface area contributed by atoms with Crippen molar-refractivity contribution in [2.45, 2.75) is 39.8 Å². The lowest BCUT2D eigenvalue weighted by molar-refractivity contribution is -0.0444. The molecule has 208 valence electrons. The number of amides is 1. The fourth-order valence-electron chi connectivity index (χ4n) is 6.41. The summed E-state index contributed by atoms with van der Waals surface area (Å²) in [5.41, 5.74) is 6.46. The van der Waals surface area contributed by atoms with Gasteiger partial charge in [-0.1, -0.05) is 13.0 Å². The molecule has 40 heavy (non-hydrogen) atoms. The molecule has 3 aliphatic heterocycles. The van der Waals surface area contributed by atoms with E-state index in [1.165, 1.54) is 5.56 Å². The Labute approximate surface area is 233 Å². The summed E-state index contributed by atoms with van der Waals surface area (Å²) in [5.74, 6) is 1.40. The second-order valence-corrected chi connectivity index (χ2v) is 12.0. The molecule has 6 heterocycles. The Morgan fingerprint density at radius 3 is 2.80 bits per heavy atom. The van der Waals surface area contributed by atoms with Gasteiger partial charge in [0, 0.05) is 63.0 Å². The molecule has 10 heteroatoms. The number of nitrogens with one attached hydrogen (secondary N) is 2. The van der Waals surface area contributed by atoms with Gasteiger partial charge in [-0.2, -0.15) is 5.10 Å². The van der Waals surface area contributed by atoms with Crippen molar-refractivity contribution in [1.29, 1.82) is 0 Å². The molecule has 0 aliphatic carbocycles. The van der Waals surface area contributed by atoms with Crippen molar-refractivity contribution in [3.8, 4) is 17.1 Å². The molecule has 1 atom stereocenters. The molecule has 2 saturated heterocycles. The molecule has 4 aromatic rings. The van der Waals surface area contributed by atoms with E-state index in [2.05, 4.69) is 50.3 Å². The highest BCUT2D eigenvalue weighted by molar-refractivity contribution is 6.04. The number of aryl methyl sites for hydroxylation is 2. The van der Waals surface area contributed by atoms with Crippen LogP contribution in [-0.2, 0) is 20.1 Å². The Morgan fingerprint density at radius 1 is 1.15 bits per heavy atom. The smallest absolute Gasteiger partial charge is 0.258 e. The van der Waals surface area contributed by atoms with E-state index in [0.717, 1.165) is 74.4 Å². The van der Waals surface area contributed by atoms with Crippen molar-refractivity contribution < 1.29 is 9.53 Å². The SMILES string of the molecule is Cc1cc2cc(n1)-c1cnn(C)c1OCCC[C@@H](C)Cn1c(nc3ccc(CN4CC5(CNC5)C4)cc31)NC2=O. The van der Waals surface area contributed by atoms with E-state index in [-0.39, 0.29) is 5.91 Å². The number of nitrogens with zero attached hydrogens (tertiary/aromatic N) is 6. The number of likely N-dealkylation sites (tertiary alicyclic amines) is 1. The molecule has 1 aromatic carbocycles. The lowest BCUT2D eigenvalue weighted by atomic mass is 9.74. The monoisotopic (exact) mass is 540 g/mol. The van der Waals surface area contributed by atoms with Crippen molar-refractivity contribution in [2.24, 2.45) is 18.4 Å². The summed E-state index contributed by atoms with van der Waals surface area (Å²) in [5, 5.41) is 10.9. The minimum atomic E-state index is -0.211. The Kier molecular flexibility index (Phi) is 6.12. The molecule has 2 bridgehead atoms. The van der Waals surface area contributed by atoms with Crippen LogP contribution in [0.5, 0.6) is 5.88 Å². The van der Waals surface area contributed by atoms with E-state index in [9.17, 15) is 4.79 Å². The van der Waals surface area contributed by atoms with Gasteiger partial charge < -0.3 is 14.6 Å². The number of benzene rings is 1. The molecule has 7 rings (SSSR count). The van der Waals surface area contributed by atoms with Crippen LogP contribution in [0.3, 0.4) is 0 Å². The van der Waals surface area contributed by atoms with Gasteiger partial charge in [-0.15, -0.1) is 0 Å². The highest BCUT2D eigenvalue weighted by Gasteiger charge is 2.47. The van der Waals surface area contributed by atoms with Gasteiger partial charge >= 0.3 is 0 Å². The molecular formula is C30H36N8O2. The van der Waals surface area contributed by atoms with Crippen molar-refractivity contribution in [3.05, 3.63) is 53.3 Å². The van der Waals surface area contributed by atoms with Gasteiger partial charge in [0.05, 0.1) is 35.1 Å². The third kappa shape index (κ3) is 4.54. The van der Waals surface area contributed by atoms with Gasteiger partial charge in [-0.05, 0) is 55.5 Å². The lowest BCUT2D eigenvalue weighted by Gasteiger charge is -2.56. The first kappa shape index (κ1) is 25.2. The average molecular weight is 541 g/mol. The zero-order valence-corrected chi connectivity index (χ0v) is 23.4. The fraction of sp³-hybridized carbons (Fsp3) is 0.467. The third-order valence-electron chi connectivity index (χ3n) is 8.51. The van der Waals surface area contributed by atoms with Gasteiger partial charge in [0.2, 0.25) is 11.8 Å². The molecule has 2 fully saturated rings. The highest BCUT2D eigenvalue weighted by Crippen LogP contribution is 2.35. The van der Waals surface area contributed by atoms with E-state index in [1.54, 1.807) is 23.0 Å². The molecule has 10 nitrogen and oxygen atoms in total. The van der Waals surface area contributed by atoms with Crippen LogP contribution in [0, 0.1) is 18.3 Å². The van der Waals surface area contributed by atoms with Crippen LogP contribution in [0.25, 0.3) is 22.3 Å². The first-order valence-electron chi connectivity index (χ1n) is 14.2. The maximum atomic E-state index is 13.6. The van der Waals surface area contributed by atoms with Crippen LogP contribution in [0.2, 0.25) is 0 Å². The number of pyridine rings is 1. The first-order valence-corrected chi connectivity index (χ1v) is 14.2. The topological polar surface area (TPSA) is 102 Å². The summed E-state index contributed by atoms with van der Waals surface area (Å²) in [6, 6.07) is 10.1. The Hall–Kier alpha value is -3.76. The van der Waals surface area contributed by atoms with E-state index < -0.39 is 0 Å². The number of fused-ring (bicyclic) bond motifs is 7. The standard InChI is InChI=1S/C30H36N8O2/c1-19-5-4-8-40-28-23(12-32-36(28)3)25-11-22(9-20(2)33-25)27(39)35-29-34-24-7-6-21(10-26(24)38(29)13-19)14-37-17-30(18-37)15-31-16-30/h6-7,9-12,19,31H,4-5,8,13-18H2,1-3H3,(H,34,35,39)/t19-/m1/s1. The number of hydrogen-bond acceptors (Lipinski definition) is 7. The average Bonchev–Trinajstić information content (AvgIpc) is 3.41. The Bertz CT molecular complexity index is 1590. The van der Waals surface area contributed by atoms with E-state index in [0.29, 0.717) is 41.0 Å². The second-order valence-electron chi connectivity index (χ2n) is 12.0. The van der Waals surface area contributed by atoms with Gasteiger partial charge in [-0.25, -0.2) is 9.67 Å². The van der Waals surface area contributed by atoms with Crippen LogP contribution in [-0.4, -0.2) is 67.9 Å². The maximum Gasteiger partial charge on any atom is 0.258 e. The number of carbonyl (C=O) groups is 1. The summed E-state index contributed by atoms with van der Waals surface area (Å²) >= 11 is 0. The molecule has 3 aromatic heterocycles. The van der Waals surface area contributed by atoms with E-state index in [1.807, 2.05) is 14.0 Å². The van der Waals surface area contributed by atoms with Crippen molar-refractivity contribution in [1.82, 2.24) is 34.5 Å². The van der Waals surface area contributed by atoms with Crippen LogP contribution in [0.1, 0.15) is 41.4 Å². The first-order chi connectivity index (χ1) is 19.4. The van der Waals surface area contributed by atoms with Crippen molar-refractivity contribution >= 4 is 22.9 Å². The quantitative estimate of drug-likeness (QED) is 0.401. The molecular weight excluding hydrogens is 504 g/mol. The van der Waals surface area contributed by atoms with E-state index in [4.69, 9.17) is 14.7 Å². The van der Waals surface area contributed by atoms with Gasteiger partial charge in [0.25, 0.3) is 5.91 Å². The number of carbonyl (C=O) groups excluding carboxylic acids is 1. The van der Waals surface area contributed by atoms with Gasteiger partial charge in [-0.3, -0.25) is 20.0 Å². The minimum Gasteiger partial charge on any atom is -0.477 e. The van der Waals surface area contributed by atoms with Gasteiger partial charge in [0.1, 0.15) is 0 Å². The maximum absolute atomic E-state index is 13.6. The number of rotatable bonds is 2. The van der Waals surface area contributed by atoms with Crippen molar-refractivity contribution in [2.75, 3.05) is 38.1 Å². The number of anilines is 1. The number of hydrogen-bond donors (Lipinski definition) is 2. The molecule has 2 N–H and O–H groups in total. The normalized spacial score (nSPS) is 20.9. The van der Waals surface area contributed by atoms with Crippen LogP contribution in [0.15, 0.2) is 36.5 Å². The lowest BCUT2D eigenvalue weighted by Crippen LogP contribution is -2.70. The second kappa shape index (κ2) is 9.71. The fourth-order valence-corrected chi connectivity index (χ4v) is 6.41. The Morgan fingerprint density at radius 2 is 2.00 bits per heavy atom. The summed E-state index contributed by atoms with van der Waals surface area (Å²) in [4.78, 5) is 25.7. The summed E-state index contributed by atoms with van der Waals surface area (Å²) < 4.78 is 10.1. The number of aromatic nitrogens is 5. The minimum absolute atomic E-state index is 0.211. The highest BCUT2D eigenvalue weighted by atomic mass is 16.5. The largest absolute Gasteiger partial charge is 0.477 e.